The molecule has 0 amide bonds. The largest absolute Gasteiger partial charge is 0.303 e. The highest BCUT2D eigenvalue weighted by Crippen LogP contribution is 2.57. The molecule has 0 N–H and O–H groups in total. The normalized spacial score (nSPS) is 51.9. The van der Waals surface area contributed by atoms with Crippen LogP contribution in [-0.2, 0) is 0 Å². The molecular formula is C13H23N. The Morgan fingerprint density at radius 2 is 1.86 bits per heavy atom. The first kappa shape index (κ1) is 9.21. The van der Waals surface area contributed by atoms with Gasteiger partial charge in [-0.2, -0.15) is 0 Å². The molecule has 14 heavy (non-hydrogen) atoms. The highest BCUT2D eigenvalue weighted by molar-refractivity contribution is 5.06. The zero-order chi connectivity index (χ0) is 9.87. The fraction of sp³-hybridized carbons (Fsp3) is 1.00. The minimum Gasteiger partial charge on any atom is -0.303 e. The second-order valence-corrected chi connectivity index (χ2v) is 6.25. The van der Waals surface area contributed by atoms with Crippen LogP contribution in [0.15, 0.2) is 0 Å². The quantitative estimate of drug-likeness (QED) is 0.619. The van der Waals surface area contributed by atoms with E-state index in [-0.39, 0.29) is 0 Å². The summed E-state index contributed by atoms with van der Waals surface area (Å²) in [5, 5.41) is 0. The van der Waals surface area contributed by atoms with Crippen molar-refractivity contribution < 1.29 is 0 Å². The lowest BCUT2D eigenvalue weighted by atomic mass is 9.76. The van der Waals surface area contributed by atoms with E-state index in [4.69, 9.17) is 0 Å². The Kier molecular flexibility index (Phi) is 1.96. The zero-order valence-electron chi connectivity index (χ0n) is 9.74. The molecule has 0 aromatic heterocycles. The number of fused-ring (bicyclic) bond motifs is 5. The van der Waals surface area contributed by atoms with E-state index in [0.717, 1.165) is 35.6 Å². The average Bonchev–Trinajstić information content (AvgIpc) is 2.70. The van der Waals surface area contributed by atoms with Gasteiger partial charge in [-0.15, -0.1) is 0 Å². The van der Waals surface area contributed by atoms with Gasteiger partial charge in [0.1, 0.15) is 0 Å². The second kappa shape index (κ2) is 2.98. The van der Waals surface area contributed by atoms with Crippen LogP contribution < -0.4 is 0 Å². The van der Waals surface area contributed by atoms with Crippen molar-refractivity contribution in [1.29, 1.82) is 0 Å². The fourth-order valence-corrected chi connectivity index (χ4v) is 4.96. The Bertz CT molecular complexity index is 235. The van der Waals surface area contributed by atoms with Crippen molar-refractivity contribution in [3.05, 3.63) is 0 Å². The van der Waals surface area contributed by atoms with E-state index < -0.39 is 0 Å². The minimum absolute atomic E-state index is 0.856. The van der Waals surface area contributed by atoms with Gasteiger partial charge in [-0.1, -0.05) is 13.8 Å². The lowest BCUT2D eigenvalue weighted by Gasteiger charge is -2.32. The molecule has 3 rings (SSSR count). The maximum absolute atomic E-state index is 2.66. The summed E-state index contributed by atoms with van der Waals surface area (Å²) >= 11 is 0. The smallest absolute Gasteiger partial charge is 0.0149 e. The molecule has 2 saturated carbocycles. The van der Waals surface area contributed by atoms with Crippen LogP contribution in [0.1, 0.15) is 33.1 Å². The Balaban J connectivity index is 1.87. The molecule has 3 fully saturated rings. The summed E-state index contributed by atoms with van der Waals surface area (Å²) in [7, 11) is 2.35. The highest BCUT2D eigenvalue weighted by atomic mass is 15.2. The number of rotatable bonds is 1. The molecule has 5 atom stereocenters. The molecule has 0 aromatic carbocycles. The molecule has 0 radical (unpaired) electrons. The van der Waals surface area contributed by atoms with Crippen LogP contribution in [0.3, 0.4) is 0 Å². The Morgan fingerprint density at radius 3 is 2.57 bits per heavy atom. The number of hydrogen-bond donors (Lipinski definition) is 0. The van der Waals surface area contributed by atoms with E-state index in [2.05, 4.69) is 25.8 Å². The topological polar surface area (TPSA) is 3.24 Å². The predicted octanol–water partition coefficient (Wildman–Crippen LogP) is 2.62. The molecule has 1 aliphatic heterocycles. The van der Waals surface area contributed by atoms with Gasteiger partial charge in [-0.25, -0.2) is 0 Å². The number of nitrogens with zero attached hydrogens (tertiary/aromatic N) is 1. The molecule has 80 valence electrons. The van der Waals surface area contributed by atoms with Gasteiger partial charge in [-0.05, 0) is 55.9 Å². The Labute approximate surface area is 87.9 Å². The van der Waals surface area contributed by atoms with Gasteiger partial charge in [-0.3, -0.25) is 0 Å². The first-order valence-corrected chi connectivity index (χ1v) is 6.38. The van der Waals surface area contributed by atoms with Gasteiger partial charge < -0.3 is 4.90 Å². The van der Waals surface area contributed by atoms with Crippen LogP contribution in [0.4, 0.5) is 0 Å². The summed E-state index contributed by atoms with van der Waals surface area (Å²) < 4.78 is 0. The molecule has 1 nitrogen and oxygen atoms in total. The van der Waals surface area contributed by atoms with Crippen LogP contribution in [0.5, 0.6) is 0 Å². The summed E-state index contributed by atoms with van der Waals surface area (Å²) in [6.45, 7) is 6.22. The van der Waals surface area contributed by atoms with E-state index in [1.54, 1.807) is 19.3 Å². The second-order valence-electron chi connectivity index (χ2n) is 6.25. The minimum atomic E-state index is 0.856. The van der Waals surface area contributed by atoms with Crippen molar-refractivity contribution in [1.82, 2.24) is 4.90 Å². The van der Waals surface area contributed by atoms with E-state index in [9.17, 15) is 0 Å². The third-order valence-corrected chi connectivity index (χ3v) is 5.24. The van der Waals surface area contributed by atoms with E-state index in [1.165, 1.54) is 6.54 Å². The first-order valence-electron chi connectivity index (χ1n) is 6.38. The van der Waals surface area contributed by atoms with E-state index in [0.29, 0.717) is 0 Å². The molecule has 2 bridgehead atoms. The van der Waals surface area contributed by atoms with Crippen molar-refractivity contribution in [2.24, 2.45) is 29.6 Å². The molecule has 1 heteroatoms. The van der Waals surface area contributed by atoms with Gasteiger partial charge in [0.25, 0.3) is 0 Å². The summed E-state index contributed by atoms with van der Waals surface area (Å²) in [4.78, 5) is 2.66. The third kappa shape index (κ3) is 1.05. The van der Waals surface area contributed by atoms with Crippen molar-refractivity contribution in [2.45, 2.75) is 39.2 Å². The Hall–Kier alpha value is -0.0400. The lowest BCUT2D eigenvalue weighted by Crippen LogP contribution is -2.36. The van der Waals surface area contributed by atoms with Gasteiger partial charge in [0.05, 0.1) is 0 Å². The summed E-state index contributed by atoms with van der Waals surface area (Å²) in [6, 6.07) is 0.898. The van der Waals surface area contributed by atoms with Crippen LogP contribution >= 0.6 is 0 Å². The number of likely N-dealkylation sites (tertiary alicyclic amines) is 1. The van der Waals surface area contributed by atoms with Crippen LogP contribution in [-0.4, -0.2) is 24.5 Å². The van der Waals surface area contributed by atoms with Gasteiger partial charge in [0.2, 0.25) is 0 Å². The molecule has 1 saturated heterocycles. The lowest BCUT2D eigenvalue weighted by molar-refractivity contribution is 0.170. The Morgan fingerprint density at radius 1 is 1.14 bits per heavy atom. The maximum Gasteiger partial charge on any atom is 0.0149 e. The SMILES string of the molecule is CC(C)C1C2C3CCC(C3)C2CN1C. The predicted molar refractivity (Wildman–Crippen MR) is 59.1 cm³/mol. The van der Waals surface area contributed by atoms with Crippen LogP contribution in [0.2, 0.25) is 0 Å². The standard InChI is InChI=1S/C13H23N/c1-8(2)13-12-10-5-4-9(6-10)11(12)7-14(13)3/h8-13H,4-7H2,1-3H3. The van der Waals surface area contributed by atoms with Crippen LogP contribution in [0.25, 0.3) is 0 Å². The van der Waals surface area contributed by atoms with Crippen molar-refractivity contribution in [3.8, 4) is 0 Å². The average molecular weight is 193 g/mol. The van der Waals surface area contributed by atoms with Gasteiger partial charge in [0.15, 0.2) is 0 Å². The highest BCUT2D eigenvalue weighted by Gasteiger charge is 2.55. The van der Waals surface area contributed by atoms with Gasteiger partial charge in [0, 0.05) is 12.6 Å². The summed E-state index contributed by atoms with van der Waals surface area (Å²) in [5.41, 5.74) is 0. The van der Waals surface area contributed by atoms with Crippen molar-refractivity contribution in [3.63, 3.8) is 0 Å². The molecule has 0 aromatic rings. The third-order valence-electron chi connectivity index (χ3n) is 5.24. The fourth-order valence-electron chi connectivity index (χ4n) is 4.96. The number of hydrogen-bond acceptors (Lipinski definition) is 1. The molecular weight excluding hydrogens is 170 g/mol. The van der Waals surface area contributed by atoms with Crippen molar-refractivity contribution >= 4 is 0 Å². The van der Waals surface area contributed by atoms with E-state index in [1.807, 2.05) is 0 Å². The van der Waals surface area contributed by atoms with Crippen LogP contribution in [0, 0.1) is 29.6 Å². The molecule has 5 unspecified atom stereocenters. The maximum atomic E-state index is 2.66. The molecule has 2 aliphatic carbocycles. The molecule has 0 spiro atoms. The first-order chi connectivity index (χ1) is 6.68. The molecule has 1 heterocycles. The monoisotopic (exact) mass is 193 g/mol. The van der Waals surface area contributed by atoms with E-state index >= 15 is 0 Å². The summed E-state index contributed by atoms with van der Waals surface area (Å²) in [6.07, 6.45) is 4.67. The zero-order valence-corrected chi connectivity index (χ0v) is 9.74. The van der Waals surface area contributed by atoms with Gasteiger partial charge >= 0.3 is 0 Å². The summed E-state index contributed by atoms with van der Waals surface area (Å²) in [5.74, 6) is 5.21. The van der Waals surface area contributed by atoms with Crippen molar-refractivity contribution in [2.75, 3.05) is 13.6 Å². The molecule has 3 aliphatic rings.